The van der Waals surface area contributed by atoms with E-state index in [1.807, 2.05) is 0 Å². The number of allylic oxidation sites excluding steroid dienone is 2. The maximum Gasteiger partial charge on any atom is 0.459 e. The Morgan fingerprint density at radius 1 is 1.06 bits per heavy atom. The van der Waals surface area contributed by atoms with Crippen molar-refractivity contribution in [3.05, 3.63) is 11.8 Å². The van der Waals surface area contributed by atoms with E-state index in [2.05, 4.69) is 5.73 Å². The Labute approximate surface area is 89.3 Å². The third-order valence-corrected chi connectivity index (χ3v) is 1.74. The molecule has 0 fully saturated rings. The second-order valence-corrected chi connectivity index (χ2v) is 4.29. The maximum atomic E-state index is 12.6. The number of carbonyl (C=O) groups is 1. The molecule has 0 aromatic rings. The van der Waals surface area contributed by atoms with E-state index in [0.29, 0.717) is 0 Å². The van der Waals surface area contributed by atoms with Gasteiger partial charge in [-0.2, -0.15) is 22.0 Å². The average molecular weight is 245 g/mol. The predicted octanol–water partition coefficient (Wildman–Crippen LogP) is 2.64. The summed E-state index contributed by atoms with van der Waals surface area (Å²) < 4.78 is 60.8. The lowest BCUT2D eigenvalue weighted by Crippen LogP contribution is -2.42. The molecule has 0 aliphatic rings. The first kappa shape index (κ1) is 14.9. The minimum absolute atomic E-state index is 0.132. The highest BCUT2D eigenvalue weighted by Crippen LogP contribution is 2.39. The summed E-state index contributed by atoms with van der Waals surface area (Å²) >= 11 is 0. The lowest BCUT2D eigenvalue weighted by Gasteiger charge is -2.21. The molecule has 0 atom stereocenters. The molecule has 0 aromatic carbocycles. The van der Waals surface area contributed by atoms with E-state index < -0.39 is 29.0 Å². The lowest BCUT2D eigenvalue weighted by atomic mass is 9.90. The normalized spacial score (nSPS) is 15.1. The molecule has 0 rings (SSSR count). The monoisotopic (exact) mass is 245 g/mol. The Kier molecular flexibility index (Phi) is 3.74. The molecule has 0 radical (unpaired) electrons. The van der Waals surface area contributed by atoms with Crippen molar-refractivity contribution in [2.45, 2.75) is 32.9 Å². The van der Waals surface area contributed by atoms with Gasteiger partial charge < -0.3 is 5.73 Å². The SMILES string of the molecule is CC(C)(C)C(=O)/C=C(\N)C(F)(F)C(F)(F)F. The molecule has 0 heterocycles. The van der Waals surface area contributed by atoms with Crippen LogP contribution in [0.2, 0.25) is 0 Å². The summed E-state index contributed by atoms with van der Waals surface area (Å²) in [5, 5.41) is 0. The van der Waals surface area contributed by atoms with Gasteiger partial charge in [0.15, 0.2) is 5.78 Å². The van der Waals surface area contributed by atoms with Crippen LogP contribution in [0.15, 0.2) is 11.8 Å². The molecule has 2 nitrogen and oxygen atoms in total. The number of ketones is 1. The van der Waals surface area contributed by atoms with Crippen molar-refractivity contribution in [3.8, 4) is 0 Å². The van der Waals surface area contributed by atoms with Gasteiger partial charge in [0.05, 0.1) is 5.70 Å². The van der Waals surface area contributed by atoms with E-state index in [1.54, 1.807) is 0 Å². The second-order valence-electron chi connectivity index (χ2n) is 4.29. The number of hydrogen-bond acceptors (Lipinski definition) is 2. The van der Waals surface area contributed by atoms with E-state index in [4.69, 9.17) is 0 Å². The molecular weight excluding hydrogens is 233 g/mol. The highest BCUT2D eigenvalue weighted by molar-refractivity contribution is 5.94. The van der Waals surface area contributed by atoms with Crippen molar-refractivity contribution in [2.75, 3.05) is 0 Å². The van der Waals surface area contributed by atoms with Crippen molar-refractivity contribution in [1.82, 2.24) is 0 Å². The van der Waals surface area contributed by atoms with Gasteiger partial charge in [0, 0.05) is 11.5 Å². The van der Waals surface area contributed by atoms with Gasteiger partial charge in [-0.15, -0.1) is 0 Å². The largest absolute Gasteiger partial charge is 0.459 e. The van der Waals surface area contributed by atoms with Crippen molar-refractivity contribution in [2.24, 2.45) is 11.1 Å². The van der Waals surface area contributed by atoms with Gasteiger partial charge in [0.25, 0.3) is 0 Å². The molecule has 0 amide bonds. The van der Waals surface area contributed by atoms with E-state index in [9.17, 15) is 26.7 Å². The standard InChI is InChI=1S/C9H12F5NO/c1-7(2,3)6(16)4-5(15)8(10,11)9(12,13)14/h4H,15H2,1-3H3/b5-4-. The Morgan fingerprint density at radius 3 is 1.69 bits per heavy atom. The third kappa shape index (κ3) is 3.18. The summed E-state index contributed by atoms with van der Waals surface area (Å²) in [6.07, 6.45) is -5.67. The fraction of sp³-hybridized carbons (Fsp3) is 0.667. The number of carbonyl (C=O) groups excluding carboxylic acids is 1. The van der Waals surface area contributed by atoms with Crippen molar-refractivity contribution >= 4 is 5.78 Å². The summed E-state index contributed by atoms with van der Waals surface area (Å²) in [6, 6.07) is 0. The van der Waals surface area contributed by atoms with Crippen LogP contribution in [0, 0.1) is 5.41 Å². The van der Waals surface area contributed by atoms with E-state index in [0.717, 1.165) is 0 Å². The molecule has 0 aromatic heterocycles. The molecule has 7 heteroatoms. The number of nitrogens with two attached hydrogens (primary N) is 1. The Hall–Kier alpha value is -1.14. The number of halogens is 5. The molecule has 94 valence electrons. The second kappa shape index (κ2) is 4.03. The van der Waals surface area contributed by atoms with Gasteiger partial charge >= 0.3 is 12.1 Å². The summed E-state index contributed by atoms with van der Waals surface area (Å²) in [4.78, 5) is 11.2. The van der Waals surface area contributed by atoms with Crippen molar-refractivity contribution in [1.29, 1.82) is 0 Å². The lowest BCUT2D eigenvalue weighted by molar-refractivity contribution is -0.264. The molecule has 0 saturated carbocycles. The van der Waals surface area contributed by atoms with Crippen LogP contribution < -0.4 is 5.73 Å². The Morgan fingerprint density at radius 2 is 1.44 bits per heavy atom. The molecular formula is C9H12F5NO. The smallest absolute Gasteiger partial charge is 0.397 e. The summed E-state index contributed by atoms with van der Waals surface area (Å²) in [7, 11) is 0. The highest BCUT2D eigenvalue weighted by Gasteiger charge is 2.59. The molecule has 0 unspecified atom stereocenters. The topological polar surface area (TPSA) is 43.1 Å². The Balaban J connectivity index is 5.16. The Bertz CT molecular complexity index is 311. The van der Waals surface area contributed by atoms with E-state index >= 15 is 0 Å². The molecule has 0 saturated heterocycles. The molecule has 0 spiro atoms. The number of rotatable bonds is 2. The van der Waals surface area contributed by atoms with Crippen LogP contribution in [-0.4, -0.2) is 17.9 Å². The molecule has 0 bridgehead atoms. The molecule has 0 aliphatic heterocycles. The fourth-order valence-corrected chi connectivity index (χ4v) is 0.612. The fourth-order valence-electron chi connectivity index (χ4n) is 0.612. The van der Waals surface area contributed by atoms with Crippen LogP contribution in [0.1, 0.15) is 20.8 Å². The van der Waals surface area contributed by atoms with Crippen LogP contribution in [0.25, 0.3) is 0 Å². The summed E-state index contributed by atoms with van der Waals surface area (Å²) in [6.45, 7) is 4.14. The summed E-state index contributed by atoms with van der Waals surface area (Å²) in [5.74, 6) is -6.08. The van der Waals surface area contributed by atoms with Crippen LogP contribution in [0.3, 0.4) is 0 Å². The minimum atomic E-state index is -5.80. The van der Waals surface area contributed by atoms with Crippen LogP contribution in [0.4, 0.5) is 22.0 Å². The third-order valence-electron chi connectivity index (χ3n) is 1.74. The first-order valence-electron chi connectivity index (χ1n) is 4.27. The zero-order valence-electron chi connectivity index (χ0n) is 8.95. The molecule has 0 aliphatic carbocycles. The van der Waals surface area contributed by atoms with Crippen LogP contribution >= 0.6 is 0 Å². The van der Waals surface area contributed by atoms with Gasteiger partial charge in [-0.05, 0) is 0 Å². The zero-order valence-corrected chi connectivity index (χ0v) is 8.95. The summed E-state index contributed by atoms with van der Waals surface area (Å²) in [5.41, 5.74) is 1.75. The predicted molar refractivity (Wildman–Crippen MR) is 47.7 cm³/mol. The van der Waals surface area contributed by atoms with Gasteiger partial charge in [0.2, 0.25) is 0 Å². The highest BCUT2D eigenvalue weighted by atomic mass is 19.4. The van der Waals surface area contributed by atoms with Gasteiger partial charge in [-0.25, -0.2) is 0 Å². The van der Waals surface area contributed by atoms with Crippen LogP contribution in [-0.2, 0) is 4.79 Å². The number of hydrogen-bond donors (Lipinski definition) is 1. The first-order valence-corrected chi connectivity index (χ1v) is 4.27. The molecule has 2 N–H and O–H groups in total. The van der Waals surface area contributed by atoms with Gasteiger partial charge in [-0.1, -0.05) is 20.8 Å². The van der Waals surface area contributed by atoms with E-state index in [-0.39, 0.29) is 6.08 Å². The first-order chi connectivity index (χ1) is 6.80. The number of alkyl halides is 5. The quantitative estimate of drug-likeness (QED) is 0.600. The minimum Gasteiger partial charge on any atom is -0.397 e. The molecule has 16 heavy (non-hydrogen) atoms. The average Bonchev–Trinajstić information content (AvgIpc) is 1.99. The van der Waals surface area contributed by atoms with Gasteiger partial charge in [-0.3, -0.25) is 4.79 Å². The van der Waals surface area contributed by atoms with Gasteiger partial charge in [0.1, 0.15) is 0 Å². The maximum absolute atomic E-state index is 12.6. The van der Waals surface area contributed by atoms with E-state index in [1.165, 1.54) is 20.8 Å². The zero-order chi connectivity index (χ0) is 13.4. The van der Waals surface area contributed by atoms with Crippen LogP contribution in [0.5, 0.6) is 0 Å². The van der Waals surface area contributed by atoms with Crippen molar-refractivity contribution in [3.63, 3.8) is 0 Å². The van der Waals surface area contributed by atoms with Crippen molar-refractivity contribution < 1.29 is 26.7 Å².